The van der Waals surface area contributed by atoms with Crippen molar-refractivity contribution < 1.29 is 14.6 Å². The second kappa shape index (κ2) is 6.56. The molecule has 0 radical (unpaired) electrons. The third-order valence-corrected chi connectivity index (χ3v) is 1.74. The molecule has 1 aromatic carbocycles. The molecule has 16 heavy (non-hydrogen) atoms. The predicted octanol–water partition coefficient (Wildman–Crippen LogP) is 0.506. The molecule has 0 bridgehead atoms. The molecule has 0 aliphatic rings. The lowest BCUT2D eigenvalue weighted by molar-refractivity contribution is -0.120. The summed E-state index contributed by atoms with van der Waals surface area (Å²) in [5.74, 6) is -0.316. The maximum absolute atomic E-state index is 11.3. The number of nitriles is 1. The first-order chi connectivity index (χ1) is 7.76. The zero-order valence-corrected chi connectivity index (χ0v) is 8.64. The van der Waals surface area contributed by atoms with E-state index >= 15 is 0 Å². The Morgan fingerprint density at radius 3 is 3.06 bits per heavy atom. The van der Waals surface area contributed by atoms with E-state index < -0.39 is 0 Å². The summed E-state index contributed by atoms with van der Waals surface area (Å²) in [5, 5.41) is 19.7. The fraction of sp³-hybridized carbons (Fsp3) is 0.273. The topological polar surface area (TPSA) is 82.4 Å². The number of aliphatic hydroxyl groups excluding tert-OH is 1. The lowest BCUT2D eigenvalue weighted by atomic mass is 10.2. The fourth-order valence-electron chi connectivity index (χ4n) is 1.09. The molecular formula is C11H12N2O3. The van der Waals surface area contributed by atoms with Crippen molar-refractivity contribution in [2.45, 2.75) is 0 Å². The first-order valence-electron chi connectivity index (χ1n) is 4.75. The molecule has 0 aromatic heterocycles. The highest BCUT2D eigenvalue weighted by atomic mass is 16.5. The maximum Gasteiger partial charge on any atom is 0.250 e. The number of carbonyl (C=O) groups is 1. The highest BCUT2D eigenvalue weighted by Crippen LogP contribution is 2.09. The Morgan fingerprint density at radius 1 is 1.56 bits per heavy atom. The molecular weight excluding hydrogens is 208 g/mol. The van der Waals surface area contributed by atoms with Gasteiger partial charge in [-0.05, 0) is 18.2 Å². The van der Waals surface area contributed by atoms with Gasteiger partial charge in [-0.3, -0.25) is 4.79 Å². The van der Waals surface area contributed by atoms with Gasteiger partial charge in [0.05, 0.1) is 24.8 Å². The first-order valence-corrected chi connectivity index (χ1v) is 4.75. The van der Waals surface area contributed by atoms with E-state index in [9.17, 15) is 4.79 Å². The maximum atomic E-state index is 11.3. The molecule has 1 rings (SSSR count). The number of nitrogens with zero attached hydrogens (tertiary/aromatic N) is 1. The highest BCUT2D eigenvalue weighted by Gasteiger charge is 2.02. The van der Waals surface area contributed by atoms with Crippen molar-refractivity contribution in [3.8, 4) is 6.07 Å². The molecule has 1 aromatic rings. The summed E-state index contributed by atoms with van der Waals surface area (Å²) < 4.78 is 4.85. The lowest BCUT2D eigenvalue weighted by Gasteiger charge is -2.05. The van der Waals surface area contributed by atoms with Gasteiger partial charge in [-0.2, -0.15) is 5.26 Å². The quantitative estimate of drug-likeness (QED) is 0.708. The van der Waals surface area contributed by atoms with Gasteiger partial charge in [0.2, 0.25) is 5.91 Å². The van der Waals surface area contributed by atoms with Crippen LogP contribution in [0.1, 0.15) is 5.56 Å². The standard InChI is InChI=1S/C11H12N2O3/c12-7-9-2-1-3-10(6-9)13-11(15)8-16-5-4-14/h1-3,6,14H,4-5,8H2,(H,13,15). The number of anilines is 1. The van der Waals surface area contributed by atoms with E-state index in [2.05, 4.69) is 5.32 Å². The van der Waals surface area contributed by atoms with Crippen molar-refractivity contribution in [3.63, 3.8) is 0 Å². The number of hydrogen-bond donors (Lipinski definition) is 2. The zero-order valence-electron chi connectivity index (χ0n) is 8.64. The van der Waals surface area contributed by atoms with Crippen LogP contribution in [0.4, 0.5) is 5.69 Å². The van der Waals surface area contributed by atoms with E-state index in [0.29, 0.717) is 11.3 Å². The van der Waals surface area contributed by atoms with Gasteiger partial charge < -0.3 is 15.2 Å². The highest BCUT2D eigenvalue weighted by molar-refractivity contribution is 5.91. The Morgan fingerprint density at radius 2 is 2.38 bits per heavy atom. The molecule has 0 saturated heterocycles. The minimum atomic E-state index is -0.316. The Kier molecular flexibility index (Phi) is 4.99. The number of carbonyl (C=O) groups excluding carboxylic acids is 1. The van der Waals surface area contributed by atoms with Crippen LogP contribution in [0, 0.1) is 11.3 Å². The molecule has 0 unspecified atom stereocenters. The Balaban J connectivity index is 2.47. The molecule has 5 heteroatoms. The molecule has 0 atom stereocenters. The largest absolute Gasteiger partial charge is 0.394 e. The number of ether oxygens (including phenoxy) is 1. The summed E-state index contributed by atoms with van der Waals surface area (Å²) in [5.41, 5.74) is 1.03. The summed E-state index contributed by atoms with van der Waals surface area (Å²) in [4.78, 5) is 11.3. The summed E-state index contributed by atoms with van der Waals surface area (Å²) in [7, 11) is 0. The van der Waals surface area contributed by atoms with E-state index in [1.165, 1.54) is 0 Å². The van der Waals surface area contributed by atoms with Crippen LogP contribution >= 0.6 is 0 Å². The van der Waals surface area contributed by atoms with E-state index in [0.717, 1.165) is 0 Å². The van der Waals surface area contributed by atoms with Crippen molar-refractivity contribution in [1.82, 2.24) is 0 Å². The van der Waals surface area contributed by atoms with Crippen molar-refractivity contribution in [2.75, 3.05) is 25.1 Å². The van der Waals surface area contributed by atoms with Gasteiger partial charge in [0.1, 0.15) is 6.61 Å². The molecule has 1 amide bonds. The SMILES string of the molecule is N#Cc1cccc(NC(=O)COCCO)c1. The average Bonchev–Trinajstić information content (AvgIpc) is 2.29. The van der Waals surface area contributed by atoms with Crippen molar-refractivity contribution >= 4 is 11.6 Å². The molecule has 0 heterocycles. The minimum Gasteiger partial charge on any atom is -0.394 e. The summed E-state index contributed by atoms with van der Waals surface area (Å²) in [6.07, 6.45) is 0. The zero-order chi connectivity index (χ0) is 11.8. The van der Waals surface area contributed by atoms with Gasteiger partial charge in [0, 0.05) is 5.69 Å². The Labute approximate surface area is 93.3 Å². The summed E-state index contributed by atoms with van der Waals surface area (Å²) in [6, 6.07) is 8.57. The average molecular weight is 220 g/mol. The van der Waals surface area contributed by atoms with E-state index in [1.807, 2.05) is 6.07 Å². The predicted molar refractivity (Wildman–Crippen MR) is 57.7 cm³/mol. The van der Waals surface area contributed by atoms with Crippen LogP contribution in [-0.4, -0.2) is 30.8 Å². The van der Waals surface area contributed by atoms with Crippen LogP contribution < -0.4 is 5.32 Å². The normalized spacial score (nSPS) is 9.50. The van der Waals surface area contributed by atoms with Crippen LogP contribution in [0.15, 0.2) is 24.3 Å². The molecule has 84 valence electrons. The van der Waals surface area contributed by atoms with Crippen LogP contribution in [0.3, 0.4) is 0 Å². The van der Waals surface area contributed by atoms with Gasteiger partial charge in [-0.15, -0.1) is 0 Å². The van der Waals surface area contributed by atoms with E-state index in [4.69, 9.17) is 15.1 Å². The van der Waals surface area contributed by atoms with Crippen LogP contribution in [0.2, 0.25) is 0 Å². The Hall–Kier alpha value is -1.90. The van der Waals surface area contributed by atoms with E-state index in [-0.39, 0.29) is 25.7 Å². The third-order valence-electron chi connectivity index (χ3n) is 1.74. The van der Waals surface area contributed by atoms with Crippen molar-refractivity contribution in [3.05, 3.63) is 29.8 Å². The molecule has 0 aliphatic heterocycles. The number of benzene rings is 1. The number of aliphatic hydroxyl groups is 1. The number of nitrogens with one attached hydrogen (secondary N) is 1. The van der Waals surface area contributed by atoms with Crippen molar-refractivity contribution in [1.29, 1.82) is 5.26 Å². The summed E-state index contributed by atoms with van der Waals surface area (Å²) >= 11 is 0. The van der Waals surface area contributed by atoms with Gasteiger partial charge in [-0.25, -0.2) is 0 Å². The molecule has 2 N–H and O–H groups in total. The van der Waals surface area contributed by atoms with Gasteiger partial charge >= 0.3 is 0 Å². The second-order valence-electron chi connectivity index (χ2n) is 3.02. The molecule has 0 fully saturated rings. The molecule has 0 saturated carbocycles. The number of amides is 1. The van der Waals surface area contributed by atoms with Gasteiger partial charge in [-0.1, -0.05) is 6.07 Å². The fourth-order valence-corrected chi connectivity index (χ4v) is 1.09. The molecule has 0 spiro atoms. The van der Waals surface area contributed by atoms with Crippen LogP contribution in [-0.2, 0) is 9.53 Å². The lowest BCUT2D eigenvalue weighted by Crippen LogP contribution is -2.19. The minimum absolute atomic E-state index is 0.114. The molecule has 5 nitrogen and oxygen atoms in total. The summed E-state index contributed by atoms with van der Waals surface area (Å²) in [6.45, 7) is -0.0970. The van der Waals surface area contributed by atoms with Gasteiger partial charge in [0.15, 0.2) is 0 Å². The monoisotopic (exact) mass is 220 g/mol. The first kappa shape index (κ1) is 12.2. The second-order valence-corrected chi connectivity index (χ2v) is 3.02. The van der Waals surface area contributed by atoms with Gasteiger partial charge in [0.25, 0.3) is 0 Å². The molecule has 0 aliphatic carbocycles. The number of hydrogen-bond acceptors (Lipinski definition) is 4. The Bertz CT molecular complexity index is 398. The van der Waals surface area contributed by atoms with Crippen molar-refractivity contribution in [2.24, 2.45) is 0 Å². The van der Waals surface area contributed by atoms with Crippen LogP contribution in [0.25, 0.3) is 0 Å². The third kappa shape index (κ3) is 4.09. The van der Waals surface area contributed by atoms with E-state index in [1.54, 1.807) is 24.3 Å². The smallest absolute Gasteiger partial charge is 0.250 e. The number of rotatable bonds is 5. The van der Waals surface area contributed by atoms with Crippen LogP contribution in [0.5, 0.6) is 0 Å².